The average molecular weight is 452 g/mol. The third-order valence-electron chi connectivity index (χ3n) is 6.02. The van der Waals surface area contributed by atoms with E-state index in [9.17, 15) is 4.79 Å². The molecular weight excluding hydrogens is 418 g/mol. The number of unbranched alkanes of at least 4 members (excludes halogenated alkanes) is 2. The molecule has 3 aromatic rings. The lowest BCUT2D eigenvalue weighted by molar-refractivity contribution is 0.252. The van der Waals surface area contributed by atoms with Gasteiger partial charge in [0.15, 0.2) is 0 Å². The number of aromatic nitrogens is 1. The summed E-state index contributed by atoms with van der Waals surface area (Å²) in [5.41, 5.74) is 2.14. The zero-order chi connectivity index (χ0) is 22.2. The van der Waals surface area contributed by atoms with Crippen LogP contribution in [0.5, 0.6) is 0 Å². The van der Waals surface area contributed by atoms with Crippen LogP contribution in [0.15, 0.2) is 48.5 Å². The Morgan fingerprint density at radius 2 is 1.81 bits per heavy atom. The molecule has 2 heterocycles. The number of benzene rings is 2. The van der Waals surface area contributed by atoms with E-state index in [0.717, 1.165) is 76.5 Å². The summed E-state index contributed by atoms with van der Waals surface area (Å²) in [6.07, 6.45) is 4.34. The molecule has 32 heavy (non-hydrogen) atoms. The molecule has 2 amide bonds. The number of hydrogen-bond acceptors (Lipinski definition) is 5. The SMILES string of the molecule is CCCCCNC(=O)Nc1ccc(CCN2CCN(c3nsc4ccccc34)CC2)cc1. The summed E-state index contributed by atoms with van der Waals surface area (Å²) in [6, 6.07) is 16.6. The van der Waals surface area contributed by atoms with Crippen molar-refractivity contribution in [2.45, 2.75) is 32.6 Å². The van der Waals surface area contributed by atoms with Gasteiger partial charge in [0.1, 0.15) is 5.82 Å². The van der Waals surface area contributed by atoms with E-state index in [1.807, 2.05) is 12.1 Å². The summed E-state index contributed by atoms with van der Waals surface area (Å²) < 4.78 is 5.97. The van der Waals surface area contributed by atoms with Crippen LogP contribution in [0.2, 0.25) is 0 Å². The van der Waals surface area contributed by atoms with Crippen LogP contribution in [-0.2, 0) is 6.42 Å². The first-order valence-electron chi connectivity index (χ1n) is 11.7. The van der Waals surface area contributed by atoms with E-state index < -0.39 is 0 Å². The van der Waals surface area contributed by atoms with Crippen molar-refractivity contribution < 1.29 is 4.79 Å². The summed E-state index contributed by atoms with van der Waals surface area (Å²) in [5.74, 6) is 1.14. The number of nitrogens with zero attached hydrogens (tertiary/aromatic N) is 3. The van der Waals surface area contributed by atoms with Crippen molar-refractivity contribution >= 4 is 39.2 Å². The Morgan fingerprint density at radius 1 is 1.03 bits per heavy atom. The molecule has 4 rings (SSSR count). The van der Waals surface area contributed by atoms with Crippen molar-refractivity contribution in [1.29, 1.82) is 0 Å². The normalized spacial score (nSPS) is 14.6. The van der Waals surface area contributed by atoms with Crippen molar-refractivity contribution in [3.05, 3.63) is 54.1 Å². The molecule has 0 bridgehead atoms. The summed E-state index contributed by atoms with van der Waals surface area (Å²) in [6.45, 7) is 8.09. The van der Waals surface area contributed by atoms with Crippen molar-refractivity contribution in [3.8, 4) is 0 Å². The first kappa shape index (κ1) is 22.6. The number of fused-ring (bicyclic) bond motifs is 1. The Morgan fingerprint density at radius 3 is 2.59 bits per heavy atom. The molecule has 2 N–H and O–H groups in total. The highest BCUT2D eigenvalue weighted by Gasteiger charge is 2.20. The van der Waals surface area contributed by atoms with E-state index in [1.165, 1.54) is 15.6 Å². The third-order valence-corrected chi connectivity index (χ3v) is 6.84. The molecule has 0 spiro atoms. The summed E-state index contributed by atoms with van der Waals surface area (Å²) in [7, 11) is 0. The van der Waals surface area contributed by atoms with Crippen LogP contribution in [0, 0.1) is 0 Å². The predicted molar refractivity (Wildman–Crippen MR) is 135 cm³/mol. The Labute approximate surface area is 194 Å². The van der Waals surface area contributed by atoms with Gasteiger partial charge in [0, 0.05) is 50.3 Å². The Bertz CT molecular complexity index is 995. The van der Waals surface area contributed by atoms with Gasteiger partial charge in [-0.2, -0.15) is 4.37 Å². The molecule has 1 aliphatic heterocycles. The lowest BCUT2D eigenvalue weighted by Crippen LogP contribution is -2.47. The molecule has 1 saturated heterocycles. The van der Waals surface area contributed by atoms with Gasteiger partial charge in [-0.25, -0.2) is 4.79 Å². The Hall–Kier alpha value is -2.64. The molecule has 1 fully saturated rings. The van der Waals surface area contributed by atoms with Crippen LogP contribution >= 0.6 is 11.5 Å². The monoisotopic (exact) mass is 451 g/mol. The van der Waals surface area contributed by atoms with Gasteiger partial charge in [0.2, 0.25) is 0 Å². The number of carbonyl (C=O) groups is 1. The zero-order valence-corrected chi connectivity index (χ0v) is 19.7. The van der Waals surface area contributed by atoms with Crippen molar-refractivity contribution in [2.24, 2.45) is 0 Å². The minimum atomic E-state index is -0.125. The quantitative estimate of drug-likeness (QED) is 0.451. The molecular formula is C25H33N5OS. The third kappa shape index (κ3) is 5.99. The standard InChI is InChI=1S/C25H33N5OS/c1-2-3-6-14-26-25(31)27-21-11-9-20(10-12-21)13-15-29-16-18-30(19-17-29)24-22-7-4-5-8-23(22)32-28-24/h4-5,7-12H,2-3,6,13-19H2,1H3,(H2,26,27,31). The second-order valence-electron chi connectivity index (χ2n) is 8.37. The number of urea groups is 1. The van der Waals surface area contributed by atoms with E-state index in [-0.39, 0.29) is 6.03 Å². The molecule has 7 heteroatoms. The number of carbonyl (C=O) groups excluding carboxylic acids is 1. The van der Waals surface area contributed by atoms with Gasteiger partial charge in [-0.3, -0.25) is 4.90 Å². The fraction of sp³-hybridized carbons (Fsp3) is 0.440. The average Bonchev–Trinajstić information content (AvgIpc) is 3.26. The Balaban J connectivity index is 1.19. The van der Waals surface area contributed by atoms with Gasteiger partial charge in [0.05, 0.1) is 4.70 Å². The van der Waals surface area contributed by atoms with Crippen molar-refractivity contribution in [3.63, 3.8) is 0 Å². The maximum Gasteiger partial charge on any atom is 0.319 e. The lowest BCUT2D eigenvalue weighted by atomic mass is 10.1. The van der Waals surface area contributed by atoms with Gasteiger partial charge in [-0.05, 0) is 54.2 Å². The predicted octanol–water partition coefficient (Wildman–Crippen LogP) is 4.97. The number of amides is 2. The second kappa shape index (κ2) is 11.3. The first-order chi connectivity index (χ1) is 15.7. The highest BCUT2D eigenvalue weighted by atomic mass is 32.1. The molecule has 0 aliphatic carbocycles. The van der Waals surface area contributed by atoms with E-state index in [1.54, 1.807) is 11.5 Å². The maximum absolute atomic E-state index is 11.9. The number of nitrogens with one attached hydrogen (secondary N) is 2. The van der Waals surface area contributed by atoms with Crippen LogP contribution in [0.3, 0.4) is 0 Å². The van der Waals surface area contributed by atoms with Crippen LogP contribution in [-0.4, -0.2) is 54.6 Å². The van der Waals surface area contributed by atoms with Crippen LogP contribution in [0.1, 0.15) is 31.7 Å². The fourth-order valence-electron chi connectivity index (χ4n) is 4.08. The van der Waals surface area contributed by atoms with Crippen LogP contribution in [0.25, 0.3) is 10.1 Å². The van der Waals surface area contributed by atoms with Gasteiger partial charge in [0.25, 0.3) is 0 Å². The molecule has 2 aromatic carbocycles. The fourth-order valence-corrected chi connectivity index (χ4v) is 4.87. The van der Waals surface area contributed by atoms with Crippen molar-refractivity contribution in [1.82, 2.24) is 14.6 Å². The highest BCUT2D eigenvalue weighted by Crippen LogP contribution is 2.29. The molecule has 0 radical (unpaired) electrons. The number of anilines is 2. The number of rotatable bonds is 9. The topological polar surface area (TPSA) is 60.5 Å². The van der Waals surface area contributed by atoms with E-state index in [2.05, 4.69) is 63.8 Å². The smallest absolute Gasteiger partial charge is 0.319 e. The molecule has 0 saturated carbocycles. The van der Waals surface area contributed by atoms with E-state index in [0.29, 0.717) is 0 Å². The van der Waals surface area contributed by atoms with Gasteiger partial charge in [-0.1, -0.05) is 44.0 Å². The summed E-state index contributed by atoms with van der Waals surface area (Å²) in [4.78, 5) is 16.9. The van der Waals surface area contributed by atoms with Crippen molar-refractivity contribution in [2.75, 3.05) is 49.5 Å². The van der Waals surface area contributed by atoms with Crippen LogP contribution in [0.4, 0.5) is 16.3 Å². The summed E-state index contributed by atoms with van der Waals surface area (Å²) >= 11 is 1.59. The van der Waals surface area contributed by atoms with E-state index >= 15 is 0 Å². The van der Waals surface area contributed by atoms with Gasteiger partial charge >= 0.3 is 6.03 Å². The first-order valence-corrected chi connectivity index (χ1v) is 12.5. The van der Waals surface area contributed by atoms with Crippen LogP contribution < -0.4 is 15.5 Å². The molecule has 0 atom stereocenters. The molecule has 1 aromatic heterocycles. The van der Waals surface area contributed by atoms with Gasteiger partial charge in [-0.15, -0.1) is 0 Å². The minimum Gasteiger partial charge on any atom is -0.353 e. The maximum atomic E-state index is 11.9. The molecule has 6 nitrogen and oxygen atoms in total. The number of hydrogen-bond donors (Lipinski definition) is 2. The number of piperazine rings is 1. The summed E-state index contributed by atoms with van der Waals surface area (Å²) in [5, 5.41) is 7.09. The zero-order valence-electron chi connectivity index (χ0n) is 18.8. The molecule has 1 aliphatic rings. The minimum absolute atomic E-state index is 0.125. The van der Waals surface area contributed by atoms with Gasteiger partial charge < -0.3 is 15.5 Å². The Kier molecular flexibility index (Phi) is 7.96. The second-order valence-corrected chi connectivity index (χ2v) is 9.17. The highest BCUT2D eigenvalue weighted by molar-refractivity contribution is 7.13. The molecule has 170 valence electrons. The van der Waals surface area contributed by atoms with E-state index in [4.69, 9.17) is 4.37 Å². The lowest BCUT2D eigenvalue weighted by Gasteiger charge is -2.35. The molecule has 0 unspecified atom stereocenters. The largest absolute Gasteiger partial charge is 0.353 e.